The highest BCUT2D eigenvalue weighted by atomic mass is 35.5. The van der Waals surface area contributed by atoms with Crippen LogP contribution in [-0.4, -0.2) is 27.9 Å². The number of nitrogens with zero attached hydrogens (tertiary/aromatic N) is 2. The summed E-state index contributed by atoms with van der Waals surface area (Å²) in [6.07, 6.45) is 3.46. The van der Waals surface area contributed by atoms with Crippen molar-refractivity contribution in [2.45, 2.75) is 25.3 Å². The zero-order chi connectivity index (χ0) is 13.2. The topological polar surface area (TPSA) is 58.0 Å². The first-order chi connectivity index (χ1) is 9.22. The van der Waals surface area contributed by atoms with Crippen LogP contribution in [0.2, 0.25) is 5.02 Å². The number of hydrogen-bond acceptors (Lipinski definition) is 5. The van der Waals surface area contributed by atoms with Crippen LogP contribution in [0, 0.1) is 0 Å². The number of hydrogen-bond donors (Lipinski definition) is 2. The van der Waals surface area contributed by atoms with Gasteiger partial charge in [0.2, 0.25) is 0 Å². The van der Waals surface area contributed by atoms with E-state index in [1.165, 1.54) is 24.2 Å². The van der Waals surface area contributed by atoms with E-state index < -0.39 is 0 Å². The first-order valence-electron chi connectivity index (χ1n) is 6.27. The first-order valence-corrected chi connectivity index (χ1v) is 7.46. The Bertz CT molecular complexity index is 583. The molecule has 0 amide bonds. The van der Waals surface area contributed by atoms with E-state index in [0.29, 0.717) is 11.1 Å². The predicted octanol–water partition coefficient (Wildman–Crippen LogP) is 2.86. The van der Waals surface area contributed by atoms with Gasteiger partial charge in [-0.15, -0.1) is 10.2 Å². The third kappa shape index (κ3) is 3.23. The molecule has 1 fully saturated rings. The zero-order valence-electron chi connectivity index (χ0n) is 10.3. The average molecular weight is 296 g/mol. The van der Waals surface area contributed by atoms with Crippen LogP contribution in [0.3, 0.4) is 0 Å². The lowest BCUT2D eigenvalue weighted by Gasteiger charge is -2.00. The van der Waals surface area contributed by atoms with Gasteiger partial charge in [0.1, 0.15) is 15.8 Å². The third-order valence-electron chi connectivity index (χ3n) is 3.00. The summed E-state index contributed by atoms with van der Waals surface area (Å²) in [6, 6.07) is 5.57. The van der Waals surface area contributed by atoms with E-state index in [9.17, 15) is 5.11 Å². The number of halogens is 1. The fourth-order valence-electron chi connectivity index (χ4n) is 1.81. The van der Waals surface area contributed by atoms with E-state index in [4.69, 9.17) is 11.6 Å². The molecule has 1 aliphatic carbocycles. The highest BCUT2D eigenvalue weighted by molar-refractivity contribution is 7.14. The third-order valence-corrected chi connectivity index (χ3v) is 4.34. The molecule has 0 unspecified atom stereocenters. The summed E-state index contributed by atoms with van der Waals surface area (Å²) >= 11 is 7.63. The summed E-state index contributed by atoms with van der Waals surface area (Å²) in [4.78, 5) is 0. The lowest BCUT2D eigenvalue weighted by Crippen LogP contribution is -2.19. The molecule has 0 radical (unpaired) electrons. The molecule has 19 heavy (non-hydrogen) atoms. The normalized spacial score (nSPS) is 14.8. The molecule has 0 bridgehead atoms. The summed E-state index contributed by atoms with van der Waals surface area (Å²) in [5.74, 6) is 0.187. The van der Waals surface area contributed by atoms with Crippen LogP contribution in [0.5, 0.6) is 5.75 Å². The molecular weight excluding hydrogens is 282 g/mol. The van der Waals surface area contributed by atoms with Crippen LogP contribution in [0.4, 0.5) is 0 Å². The molecule has 3 rings (SSSR count). The van der Waals surface area contributed by atoms with Gasteiger partial charge in [-0.25, -0.2) is 0 Å². The van der Waals surface area contributed by atoms with E-state index in [1.807, 2.05) is 0 Å². The second-order valence-electron chi connectivity index (χ2n) is 4.64. The van der Waals surface area contributed by atoms with Crippen LogP contribution < -0.4 is 5.32 Å². The molecule has 1 heterocycles. The van der Waals surface area contributed by atoms with E-state index in [2.05, 4.69) is 15.5 Å². The molecule has 0 saturated heterocycles. The minimum Gasteiger partial charge on any atom is -0.508 e. The number of aromatic hydroxyl groups is 1. The maximum Gasteiger partial charge on any atom is 0.149 e. The van der Waals surface area contributed by atoms with Crippen molar-refractivity contribution in [1.82, 2.24) is 15.5 Å². The van der Waals surface area contributed by atoms with Gasteiger partial charge in [-0.2, -0.15) is 0 Å². The molecule has 100 valence electrons. The van der Waals surface area contributed by atoms with Crippen molar-refractivity contribution in [2.24, 2.45) is 0 Å². The van der Waals surface area contributed by atoms with Gasteiger partial charge < -0.3 is 10.4 Å². The van der Waals surface area contributed by atoms with Crippen LogP contribution in [0.1, 0.15) is 17.8 Å². The second-order valence-corrected chi connectivity index (χ2v) is 6.11. The van der Waals surface area contributed by atoms with Gasteiger partial charge in [0.15, 0.2) is 0 Å². The van der Waals surface area contributed by atoms with Gasteiger partial charge in [0.05, 0.1) is 5.02 Å². The number of rotatable bonds is 5. The van der Waals surface area contributed by atoms with Gasteiger partial charge >= 0.3 is 0 Å². The van der Waals surface area contributed by atoms with E-state index in [0.717, 1.165) is 28.5 Å². The maximum absolute atomic E-state index is 9.50. The molecule has 0 atom stereocenters. The number of phenols is 1. The van der Waals surface area contributed by atoms with E-state index >= 15 is 0 Å². The van der Waals surface area contributed by atoms with Crippen molar-refractivity contribution < 1.29 is 5.11 Å². The Labute approximate surface area is 120 Å². The van der Waals surface area contributed by atoms with Crippen LogP contribution in [0.25, 0.3) is 10.6 Å². The largest absolute Gasteiger partial charge is 0.508 e. The van der Waals surface area contributed by atoms with Crippen LogP contribution in [0.15, 0.2) is 18.2 Å². The minimum atomic E-state index is 0.187. The first kappa shape index (κ1) is 12.8. The molecule has 6 heteroatoms. The van der Waals surface area contributed by atoms with Gasteiger partial charge in [-0.05, 0) is 31.0 Å². The molecule has 2 aromatic rings. The standard InChI is InChI=1S/C13H14ClN3OS/c14-11-4-3-9(18)7-10(11)13-17-16-12(19-13)5-6-15-8-1-2-8/h3-4,7-8,15,18H,1-2,5-6H2. The number of aromatic nitrogens is 2. The Morgan fingerprint density at radius 1 is 1.37 bits per heavy atom. The highest BCUT2D eigenvalue weighted by Gasteiger charge is 2.20. The van der Waals surface area contributed by atoms with Crippen molar-refractivity contribution in [1.29, 1.82) is 0 Å². The number of nitrogens with one attached hydrogen (secondary N) is 1. The summed E-state index contributed by atoms with van der Waals surface area (Å²) in [7, 11) is 0. The van der Waals surface area contributed by atoms with E-state index in [-0.39, 0.29) is 5.75 Å². The van der Waals surface area contributed by atoms with Gasteiger partial charge in [-0.3, -0.25) is 0 Å². The van der Waals surface area contributed by atoms with E-state index in [1.54, 1.807) is 18.2 Å². The molecule has 0 aliphatic heterocycles. The highest BCUT2D eigenvalue weighted by Crippen LogP contribution is 2.32. The zero-order valence-corrected chi connectivity index (χ0v) is 11.8. The molecule has 1 saturated carbocycles. The predicted molar refractivity (Wildman–Crippen MR) is 76.7 cm³/mol. The van der Waals surface area contributed by atoms with Crippen molar-refractivity contribution in [3.05, 3.63) is 28.2 Å². The SMILES string of the molecule is Oc1ccc(Cl)c(-c2nnc(CCNC3CC3)s2)c1. The fraction of sp³-hybridized carbons (Fsp3) is 0.385. The Morgan fingerprint density at radius 2 is 2.21 bits per heavy atom. The Kier molecular flexibility index (Phi) is 3.68. The molecule has 1 aromatic carbocycles. The van der Waals surface area contributed by atoms with Crippen molar-refractivity contribution >= 4 is 22.9 Å². The Morgan fingerprint density at radius 3 is 3.00 bits per heavy atom. The summed E-state index contributed by atoms with van der Waals surface area (Å²) in [6.45, 7) is 0.938. The maximum atomic E-state index is 9.50. The van der Waals surface area contributed by atoms with Crippen LogP contribution >= 0.6 is 22.9 Å². The summed E-state index contributed by atoms with van der Waals surface area (Å²) in [5, 5.41) is 23.6. The molecule has 4 nitrogen and oxygen atoms in total. The number of benzene rings is 1. The average Bonchev–Trinajstić information content (AvgIpc) is 3.10. The van der Waals surface area contributed by atoms with Gasteiger partial charge in [0, 0.05) is 24.6 Å². The van der Waals surface area contributed by atoms with Crippen molar-refractivity contribution in [3.63, 3.8) is 0 Å². The molecule has 0 spiro atoms. The molecule has 2 N–H and O–H groups in total. The van der Waals surface area contributed by atoms with Crippen molar-refractivity contribution in [3.8, 4) is 16.3 Å². The molecular formula is C13H14ClN3OS. The summed E-state index contributed by atoms with van der Waals surface area (Å²) < 4.78 is 0. The van der Waals surface area contributed by atoms with Crippen molar-refractivity contribution in [2.75, 3.05) is 6.54 Å². The fourth-order valence-corrected chi connectivity index (χ4v) is 2.94. The lowest BCUT2D eigenvalue weighted by atomic mass is 10.2. The Balaban J connectivity index is 1.70. The number of phenolic OH excluding ortho intramolecular Hbond substituents is 1. The summed E-state index contributed by atoms with van der Waals surface area (Å²) in [5.41, 5.74) is 0.737. The molecule has 1 aliphatic rings. The van der Waals surface area contributed by atoms with Gasteiger partial charge in [0.25, 0.3) is 0 Å². The monoisotopic (exact) mass is 295 g/mol. The van der Waals surface area contributed by atoms with Crippen LogP contribution in [-0.2, 0) is 6.42 Å². The second kappa shape index (κ2) is 5.45. The molecule has 1 aromatic heterocycles. The Hall–Kier alpha value is -1.17. The smallest absolute Gasteiger partial charge is 0.149 e. The minimum absolute atomic E-state index is 0.187. The quantitative estimate of drug-likeness (QED) is 0.890. The van der Waals surface area contributed by atoms with Gasteiger partial charge in [-0.1, -0.05) is 22.9 Å². The lowest BCUT2D eigenvalue weighted by molar-refractivity contribution is 0.475.